The van der Waals surface area contributed by atoms with E-state index in [4.69, 9.17) is 9.97 Å². The Hall–Kier alpha value is -0.960. The van der Waals surface area contributed by atoms with E-state index in [1.54, 1.807) is 0 Å². The molecule has 0 radical (unpaired) electrons. The second-order valence-corrected chi connectivity index (χ2v) is 7.09. The van der Waals surface area contributed by atoms with Crippen LogP contribution in [0.4, 0.5) is 0 Å². The van der Waals surface area contributed by atoms with Crippen LogP contribution >= 0.6 is 0 Å². The van der Waals surface area contributed by atoms with Crippen molar-refractivity contribution in [2.75, 3.05) is 6.54 Å². The third kappa shape index (κ3) is 2.88. The molecule has 108 valence electrons. The Morgan fingerprint density at radius 1 is 1.05 bits per heavy atom. The van der Waals surface area contributed by atoms with Crippen molar-refractivity contribution in [3.8, 4) is 0 Å². The van der Waals surface area contributed by atoms with Crippen LogP contribution < -0.4 is 5.32 Å². The average molecular weight is 271 g/mol. The van der Waals surface area contributed by atoms with Crippen molar-refractivity contribution in [3.05, 3.63) is 22.8 Å². The zero-order valence-electron chi connectivity index (χ0n) is 12.5. The van der Waals surface area contributed by atoms with Gasteiger partial charge in [0.25, 0.3) is 0 Å². The topological polar surface area (TPSA) is 37.8 Å². The predicted molar refractivity (Wildman–Crippen MR) is 79.7 cm³/mol. The first-order valence-corrected chi connectivity index (χ1v) is 8.36. The Bertz CT molecular complexity index is 503. The molecule has 1 unspecified atom stereocenters. The summed E-state index contributed by atoms with van der Waals surface area (Å²) in [5, 5.41) is 3.68. The molecule has 1 aromatic rings. The second kappa shape index (κ2) is 5.10. The van der Waals surface area contributed by atoms with Gasteiger partial charge < -0.3 is 5.32 Å². The van der Waals surface area contributed by atoms with Crippen LogP contribution in [0.5, 0.6) is 0 Å². The minimum absolute atomic E-state index is 0.791. The van der Waals surface area contributed by atoms with Gasteiger partial charge in [-0.25, -0.2) is 9.97 Å². The van der Waals surface area contributed by atoms with Crippen molar-refractivity contribution in [2.24, 2.45) is 11.8 Å². The summed E-state index contributed by atoms with van der Waals surface area (Å²) < 4.78 is 0. The summed E-state index contributed by atoms with van der Waals surface area (Å²) in [5.74, 6) is 2.78. The van der Waals surface area contributed by atoms with Gasteiger partial charge in [-0.05, 0) is 75.8 Å². The van der Waals surface area contributed by atoms with Gasteiger partial charge in [0.2, 0.25) is 0 Å². The van der Waals surface area contributed by atoms with E-state index in [1.165, 1.54) is 62.0 Å². The molecule has 1 aromatic heterocycles. The first kappa shape index (κ1) is 12.8. The Kier molecular flexibility index (Phi) is 3.25. The maximum absolute atomic E-state index is 4.86. The number of aryl methyl sites for hydroxylation is 2. The van der Waals surface area contributed by atoms with Crippen LogP contribution in [0.2, 0.25) is 0 Å². The van der Waals surface area contributed by atoms with Crippen molar-refractivity contribution in [2.45, 2.75) is 64.3 Å². The van der Waals surface area contributed by atoms with Gasteiger partial charge in [0, 0.05) is 23.9 Å². The zero-order valence-corrected chi connectivity index (χ0v) is 12.5. The average Bonchev–Trinajstić information content (AvgIpc) is 3.32. The molecule has 3 aliphatic rings. The molecular formula is C17H25N3. The molecule has 0 aromatic carbocycles. The molecule has 4 rings (SSSR count). The summed E-state index contributed by atoms with van der Waals surface area (Å²) in [7, 11) is 0. The number of hydrogen-bond acceptors (Lipinski definition) is 3. The van der Waals surface area contributed by atoms with Crippen LogP contribution in [-0.4, -0.2) is 22.6 Å². The van der Waals surface area contributed by atoms with Crippen LogP contribution in [-0.2, 0) is 19.3 Å². The predicted octanol–water partition coefficient (Wildman–Crippen LogP) is 2.59. The number of fused-ring (bicyclic) bond motifs is 1. The number of hydrogen-bond donors (Lipinski definition) is 1. The van der Waals surface area contributed by atoms with E-state index in [-0.39, 0.29) is 0 Å². The maximum atomic E-state index is 4.86. The highest BCUT2D eigenvalue weighted by Crippen LogP contribution is 2.33. The number of nitrogens with one attached hydrogen (secondary N) is 1. The van der Waals surface area contributed by atoms with Gasteiger partial charge in [0.15, 0.2) is 0 Å². The Morgan fingerprint density at radius 3 is 2.65 bits per heavy atom. The minimum Gasteiger partial charge on any atom is -0.314 e. The van der Waals surface area contributed by atoms with E-state index < -0.39 is 0 Å². The molecular weight excluding hydrogens is 246 g/mol. The fraction of sp³-hybridized carbons (Fsp3) is 0.765. The molecule has 1 heterocycles. The summed E-state index contributed by atoms with van der Waals surface area (Å²) in [6.45, 7) is 3.38. The molecule has 0 bridgehead atoms. The standard InChI is InChI=1S/C17H25N3/c1-11-15-8-13(10-18-14-5-6-14)4-7-16(15)20-17(19-11)9-12-2-3-12/h12-14,18H,2-10H2,1H3. The first-order chi connectivity index (χ1) is 9.78. The number of rotatable bonds is 5. The van der Waals surface area contributed by atoms with Crippen molar-refractivity contribution in [3.63, 3.8) is 0 Å². The van der Waals surface area contributed by atoms with Crippen LogP contribution in [0.1, 0.15) is 54.9 Å². The largest absolute Gasteiger partial charge is 0.314 e. The van der Waals surface area contributed by atoms with Gasteiger partial charge >= 0.3 is 0 Å². The van der Waals surface area contributed by atoms with Crippen molar-refractivity contribution in [1.29, 1.82) is 0 Å². The minimum atomic E-state index is 0.791. The lowest BCUT2D eigenvalue weighted by molar-refractivity contribution is 0.416. The van der Waals surface area contributed by atoms with Gasteiger partial charge in [0.05, 0.1) is 0 Å². The SMILES string of the molecule is Cc1nc(CC2CC2)nc2c1CC(CNC1CC1)CC2. The monoisotopic (exact) mass is 271 g/mol. The second-order valence-electron chi connectivity index (χ2n) is 7.09. The van der Waals surface area contributed by atoms with Crippen LogP contribution in [0.3, 0.4) is 0 Å². The summed E-state index contributed by atoms with van der Waals surface area (Å²) in [6.07, 6.45) is 10.3. The molecule has 2 saturated carbocycles. The molecule has 0 saturated heterocycles. The smallest absolute Gasteiger partial charge is 0.129 e. The van der Waals surface area contributed by atoms with Gasteiger partial charge in [-0.3, -0.25) is 0 Å². The van der Waals surface area contributed by atoms with Crippen LogP contribution in [0.15, 0.2) is 0 Å². The number of nitrogens with zero attached hydrogens (tertiary/aromatic N) is 2. The summed E-state index contributed by atoms with van der Waals surface area (Å²) in [6, 6.07) is 0.828. The fourth-order valence-electron chi connectivity index (χ4n) is 3.39. The van der Waals surface area contributed by atoms with Crippen molar-refractivity contribution >= 4 is 0 Å². The summed E-state index contributed by atoms with van der Waals surface area (Å²) in [4.78, 5) is 9.64. The van der Waals surface area contributed by atoms with E-state index in [9.17, 15) is 0 Å². The van der Waals surface area contributed by atoms with Crippen LogP contribution in [0.25, 0.3) is 0 Å². The Morgan fingerprint density at radius 2 is 1.90 bits per heavy atom. The highest BCUT2D eigenvalue weighted by Gasteiger charge is 2.27. The molecule has 20 heavy (non-hydrogen) atoms. The van der Waals surface area contributed by atoms with E-state index in [2.05, 4.69) is 12.2 Å². The molecule has 3 aliphatic carbocycles. The van der Waals surface area contributed by atoms with E-state index in [0.29, 0.717) is 0 Å². The fourth-order valence-corrected chi connectivity index (χ4v) is 3.39. The normalized spacial score (nSPS) is 25.6. The lowest BCUT2D eigenvalue weighted by Gasteiger charge is -2.25. The highest BCUT2D eigenvalue weighted by atomic mass is 15.0. The Balaban J connectivity index is 1.45. The molecule has 0 amide bonds. The van der Waals surface area contributed by atoms with E-state index in [0.717, 1.165) is 36.5 Å². The molecule has 0 aliphatic heterocycles. The molecule has 1 N–H and O–H groups in total. The quantitative estimate of drug-likeness (QED) is 0.894. The third-order valence-corrected chi connectivity index (χ3v) is 5.07. The summed E-state index contributed by atoms with van der Waals surface area (Å²) in [5.41, 5.74) is 4.07. The molecule has 3 heteroatoms. The maximum Gasteiger partial charge on any atom is 0.129 e. The highest BCUT2D eigenvalue weighted by molar-refractivity contribution is 5.28. The number of aromatic nitrogens is 2. The lowest BCUT2D eigenvalue weighted by atomic mass is 9.85. The van der Waals surface area contributed by atoms with Crippen molar-refractivity contribution in [1.82, 2.24) is 15.3 Å². The molecule has 2 fully saturated rings. The van der Waals surface area contributed by atoms with Gasteiger partial charge in [-0.2, -0.15) is 0 Å². The van der Waals surface area contributed by atoms with Crippen LogP contribution in [0, 0.1) is 18.8 Å². The Labute approximate surface area is 121 Å². The zero-order chi connectivity index (χ0) is 13.5. The lowest BCUT2D eigenvalue weighted by Crippen LogP contribution is -2.29. The molecule has 3 nitrogen and oxygen atoms in total. The van der Waals surface area contributed by atoms with Gasteiger partial charge in [-0.1, -0.05) is 0 Å². The third-order valence-electron chi connectivity index (χ3n) is 5.07. The van der Waals surface area contributed by atoms with Gasteiger partial charge in [-0.15, -0.1) is 0 Å². The van der Waals surface area contributed by atoms with Crippen molar-refractivity contribution < 1.29 is 0 Å². The molecule has 1 atom stereocenters. The van der Waals surface area contributed by atoms with E-state index >= 15 is 0 Å². The first-order valence-electron chi connectivity index (χ1n) is 8.36. The summed E-state index contributed by atoms with van der Waals surface area (Å²) >= 11 is 0. The van der Waals surface area contributed by atoms with Gasteiger partial charge in [0.1, 0.15) is 5.82 Å². The van der Waals surface area contributed by atoms with E-state index in [1.807, 2.05) is 0 Å². The molecule has 0 spiro atoms.